The Labute approximate surface area is 190 Å². The van der Waals surface area contributed by atoms with Gasteiger partial charge in [-0.1, -0.05) is 12.1 Å². The third-order valence-corrected chi connectivity index (χ3v) is 5.67. The minimum atomic E-state index is -0.379. The topological polar surface area (TPSA) is 91.7 Å². The zero-order chi connectivity index (χ0) is 23.2. The molecule has 33 heavy (non-hydrogen) atoms. The number of hydrogen-bond donors (Lipinski definition) is 2. The molecule has 0 radical (unpaired) electrons. The fourth-order valence-corrected chi connectivity index (χ4v) is 3.76. The summed E-state index contributed by atoms with van der Waals surface area (Å²) in [7, 11) is 0. The minimum absolute atomic E-state index is 0.0425. The number of hydrogen-bond acceptors (Lipinski definition) is 4. The molecule has 3 amide bonds. The van der Waals surface area contributed by atoms with Crippen LogP contribution in [-0.4, -0.2) is 35.7 Å². The molecule has 0 unspecified atom stereocenters. The van der Waals surface area contributed by atoms with Gasteiger partial charge in [-0.2, -0.15) is 0 Å². The van der Waals surface area contributed by atoms with Crippen molar-refractivity contribution in [1.82, 2.24) is 10.2 Å². The van der Waals surface area contributed by atoms with Crippen molar-refractivity contribution >= 4 is 23.4 Å². The molecule has 8 heteroatoms. The number of nitrogens with one attached hydrogen (secondary N) is 2. The van der Waals surface area contributed by atoms with Crippen LogP contribution in [0.2, 0.25) is 0 Å². The van der Waals surface area contributed by atoms with E-state index in [9.17, 15) is 18.8 Å². The van der Waals surface area contributed by atoms with E-state index in [1.54, 1.807) is 29.2 Å². The summed E-state index contributed by atoms with van der Waals surface area (Å²) in [5.74, 6) is -0.821. The van der Waals surface area contributed by atoms with Crippen LogP contribution in [0.1, 0.15) is 39.3 Å². The van der Waals surface area contributed by atoms with Gasteiger partial charge in [0.1, 0.15) is 5.82 Å². The number of amides is 3. The van der Waals surface area contributed by atoms with Crippen LogP contribution >= 0.6 is 0 Å². The van der Waals surface area contributed by atoms with Gasteiger partial charge in [0.25, 0.3) is 11.8 Å². The van der Waals surface area contributed by atoms with Crippen molar-refractivity contribution in [2.75, 3.05) is 18.4 Å². The average molecular weight is 449 g/mol. The Bertz CT molecular complexity index is 1100. The number of anilines is 1. The lowest BCUT2D eigenvalue weighted by atomic mass is 9.95. The third kappa shape index (κ3) is 5.65. The van der Waals surface area contributed by atoms with Crippen LogP contribution in [0.25, 0.3) is 0 Å². The fraction of sp³-hybridized carbons (Fsp3) is 0.240. The first-order valence-corrected chi connectivity index (χ1v) is 10.8. The first-order valence-electron chi connectivity index (χ1n) is 10.8. The van der Waals surface area contributed by atoms with E-state index in [-0.39, 0.29) is 35.2 Å². The van der Waals surface area contributed by atoms with Crippen molar-refractivity contribution in [3.05, 3.63) is 89.6 Å². The number of benzene rings is 2. The summed E-state index contributed by atoms with van der Waals surface area (Å²) in [6.07, 6.45) is 2.60. The van der Waals surface area contributed by atoms with Crippen molar-refractivity contribution in [2.24, 2.45) is 5.92 Å². The molecule has 0 bridgehead atoms. The lowest BCUT2D eigenvalue weighted by molar-refractivity contribution is -0.126. The maximum atomic E-state index is 13.1. The van der Waals surface area contributed by atoms with Crippen LogP contribution in [0, 0.1) is 11.7 Å². The number of likely N-dealkylation sites (tertiary alicyclic amines) is 1. The molecule has 0 saturated carbocycles. The molecule has 1 fully saturated rings. The van der Waals surface area contributed by atoms with E-state index in [2.05, 4.69) is 10.6 Å². The van der Waals surface area contributed by atoms with Crippen molar-refractivity contribution in [1.29, 1.82) is 0 Å². The van der Waals surface area contributed by atoms with Crippen LogP contribution in [0.15, 0.2) is 71.3 Å². The molecule has 1 aliphatic heterocycles. The van der Waals surface area contributed by atoms with Gasteiger partial charge in [0, 0.05) is 36.8 Å². The summed E-state index contributed by atoms with van der Waals surface area (Å²) in [4.78, 5) is 38.8. The molecule has 170 valence electrons. The molecular weight excluding hydrogens is 425 g/mol. The highest BCUT2D eigenvalue weighted by Crippen LogP contribution is 2.20. The zero-order valence-corrected chi connectivity index (χ0v) is 17.9. The average Bonchev–Trinajstić information content (AvgIpc) is 3.39. The van der Waals surface area contributed by atoms with Gasteiger partial charge < -0.3 is 20.0 Å². The molecule has 2 N–H and O–H groups in total. The van der Waals surface area contributed by atoms with Gasteiger partial charge in [-0.05, 0) is 66.9 Å². The second-order valence-electron chi connectivity index (χ2n) is 7.92. The van der Waals surface area contributed by atoms with Gasteiger partial charge in [-0.25, -0.2) is 4.39 Å². The highest BCUT2D eigenvalue weighted by Gasteiger charge is 2.27. The SMILES string of the molecule is O=C(Nc1ccc(CNC(=O)C2CCN(C(=O)c3ccc(F)cc3)CC2)cc1)c1ccco1. The van der Waals surface area contributed by atoms with Crippen LogP contribution < -0.4 is 10.6 Å². The monoisotopic (exact) mass is 449 g/mol. The number of carbonyl (C=O) groups is 3. The summed E-state index contributed by atoms with van der Waals surface area (Å²) < 4.78 is 18.1. The van der Waals surface area contributed by atoms with Gasteiger partial charge in [0.05, 0.1) is 6.26 Å². The smallest absolute Gasteiger partial charge is 0.291 e. The summed E-state index contributed by atoms with van der Waals surface area (Å²) in [6.45, 7) is 1.34. The number of furan rings is 1. The Morgan fingerprint density at radius 3 is 2.30 bits per heavy atom. The van der Waals surface area contributed by atoms with Crippen molar-refractivity contribution in [3.63, 3.8) is 0 Å². The molecule has 2 aromatic carbocycles. The Balaban J connectivity index is 1.22. The van der Waals surface area contributed by atoms with Gasteiger partial charge in [-0.3, -0.25) is 14.4 Å². The van der Waals surface area contributed by atoms with E-state index in [0.29, 0.717) is 43.7 Å². The molecule has 1 saturated heterocycles. The summed E-state index contributed by atoms with van der Waals surface area (Å²) in [5.41, 5.74) is 1.98. The van der Waals surface area contributed by atoms with Crippen LogP contribution in [0.3, 0.4) is 0 Å². The molecular formula is C25H24FN3O4. The van der Waals surface area contributed by atoms with Crippen LogP contribution in [-0.2, 0) is 11.3 Å². The summed E-state index contributed by atoms with van der Waals surface area (Å²) in [5, 5.41) is 5.69. The highest BCUT2D eigenvalue weighted by atomic mass is 19.1. The van der Waals surface area contributed by atoms with E-state index in [4.69, 9.17) is 4.42 Å². The first-order chi connectivity index (χ1) is 16.0. The van der Waals surface area contributed by atoms with Crippen molar-refractivity contribution in [3.8, 4) is 0 Å². The predicted molar refractivity (Wildman–Crippen MR) is 120 cm³/mol. The van der Waals surface area contributed by atoms with Gasteiger partial charge in [-0.15, -0.1) is 0 Å². The van der Waals surface area contributed by atoms with Crippen molar-refractivity contribution in [2.45, 2.75) is 19.4 Å². The second kappa shape index (κ2) is 10.1. The van der Waals surface area contributed by atoms with Gasteiger partial charge >= 0.3 is 0 Å². The molecule has 1 aromatic heterocycles. The lowest BCUT2D eigenvalue weighted by Gasteiger charge is -2.31. The van der Waals surface area contributed by atoms with E-state index in [1.807, 2.05) is 12.1 Å². The van der Waals surface area contributed by atoms with E-state index in [1.165, 1.54) is 30.5 Å². The number of rotatable bonds is 6. The number of nitrogens with zero attached hydrogens (tertiary/aromatic N) is 1. The van der Waals surface area contributed by atoms with Gasteiger partial charge in [0.2, 0.25) is 5.91 Å². The molecule has 1 aliphatic rings. The molecule has 0 spiro atoms. The largest absolute Gasteiger partial charge is 0.459 e. The molecule has 3 aromatic rings. The number of halogens is 1. The molecule has 2 heterocycles. The normalized spacial score (nSPS) is 14.0. The first kappa shape index (κ1) is 22.3. The zero-order valence-electron chi connectivity index (χ0n) is 17.9. The molecule has 4 rings (SSSR count). The third-order valence-electron chi connectivity index (χ3n) is 5.67. The van der Waals surface area contributed by atoms with Crippen molar-refractivity contribution < 1.29 is 23.2 Å². The minimum Gasteiger partial charge on any atom is -0.459 e. The number of piperidine rings is 1. The van der Waals surface area contributed by atoms with E-state index >= 15 is 0 Å². The molecule has 0 atom stereocenters. The quantitative estimate of drug-likeness (QED) is 0.598. The predicted octanol–water partition coefficient (Wildman–Crippen LogP) is 3.84. The fourth-order valence-electron chi connectivity index (χ4n) is 3.76. The maximum Gasteiger partial charge on any atom is 0.291 e. The Kier molecular flexibility index (Phi) is 6.83. The van der Waals surface area contributed by atoms with Crippen LogP contribution in [0.5, 0.6) is 0 Å². The summed E-state index contributed by atoms with van der Waals surface area (Å²) in [6, 6.07) is 15.9. The maximum absolute atomic E-state index is 13.1. The van der Waals surface area contributed by atoms with Gasteiger partial charge in [0.15, 0.2) is 5.76 Å². The second-order valence-corrected chi connectivity index (χ2v) is 7.92. The number of carbonyl (C=O) groups excluding carboxylic acids is 3. The summed E-state index contributed by atoms with van der Waals surface area (Å²) >= 11 is 0. The Morgan fingerprint density at radius 2 is 1.67 bits per heavy atom. The highest BCUT2D eigenvalue weighted by molar-refractivity contribution is 6.02. The van der Waals surface area contributed by atoms with Crippen LogP contribution in [0.4, 0.5) is 10.1 Å². The van der Waals surface area contributed by atoms with E-state index < -0.39 is 0 Å². The molecule has 0 aliphatic carbocycles. The lowest BCUT2D eigenvalue weighted by Crippen LogP contribution is -2.42. The standard InChI is InChI=1S/C25H24FN3O4/c26-20-7-5-19(6-8-20)25(32)29-13-11-18(12-14-29)23(30)27-16-17-3-9-21(10-4-17)28-24(31)22-2-1-15-33-22/h1-10,15,18H,11-14,16H2,(H,27,30)(H,28,31). The van der Waals surface area contributed by atoms with E-state index in [0.717, 1.165) is 5.56 Å². The Hall–Kier alpha value is -3.94. The Morgan fingerprint density at radius 1 is 0.970 bits per heavy atom. The molecule has 7 nitrogen and oxygen atoms in total.